The Labute approximate surface area is 153 Å². The first-order valence-electron chi connectivity index (χ1n) is 9.23. The summed E-state index contributed by atoms with van der Waals surface area (Å²) < 4.78 is 3.58. The molecule has 1 amide bonds. The normalized spacial score (nSPS) is 14.0. The van der Waals surface area contributed by atoms with E-state index in [1.807, 2.05) is 25.5 Å². The number of nitrogens with zero attached hydrogens (tertiary/aromatic N) is 5. The van der Waals surface area contributed by atoms with E-state index in [0.717, 1.165) is 28.2 Å². The topological polar surface area (TPSA) is 73.0 Å². The first kappa shape index (κ1) is 18.4. The molecule has 7 heteroatoms. The highest BCUT2D eigenvalue weighted by Gasteiger charge is 2.26. The van der Waals surface area contributed by atoms with Gasteiger partial charge in [0.05, 0.1) is 30.7 Å². The molecule has 0 fully saturated rings. The molecule has 3 heterocycles. The van der Waals surface area contributed by atoms with E-state index < -0.39 is 0 Å². The fourth-order valence-electron chi connectivity index (χ4n) is 3.62. The number of rotatable bonds is 4. The summed E-state index contributed by atoms with van der Waals surface area (Å²) in [5.41, 5.74) is 4.46. The summed E-state index contributed by atoms with van der Waals surface area (Å²) in [5, 5.41) is 4.56. The Morgan fingerprint density at radius 2 is 2.04 bits per heavy atom. The lowest BCUT2D eigenvalue weighted by atomic mass is 10.0. The molecule has 2 aromatic heterocycles. The minimum Gasteiger partial charge on any atom is -0.336 e. The number of aryl methyl sites for hydroxylation is 2. The molecule has 0 aromatic carbocycles. The number of hydrogen-bond acceptors (Lipinski definition) is 4. The highest BCUT2D eigenvalue weighted by molar-refractivity contribution is 5.79. The van der Waals surface area contributed by atoms with Gasteiger partial charge in [-0.3, -0.25) is 18.8 Å². The molecule has 0 aliphatic carbocycles. The molecule has 1 aliphatic rings. The highest BCUT2D eigenvalue weighted by Crippen LogP contribution is 2.20. The van der Waals surface area contributed by atoms with Crippen molar-refractivity contribution in [3.63, 3.8) is 0 Å². The number of hydrogen-bond donors (Lipinski definition) is 0. The van der Waals surface area contributed by atoms with Crippen LogP contribution >= 0.6 is 0 Å². The van der Waals surface area contributed by atoms with Gasteiger partial charge in [0, 0.05) is 36.0 Å². The maximum Gasteiger partial charge on any atom is 0.256 e. The van der Waals surface area contributed by atoms with Crippen LogP contribution in [0.1, 0.15) is 55.0 Å². The zero-order valence-corrected chi connectivity index (χ0v) is 16.2. The van der Waals surface area contributed by atoms with Crippen LogP contribution in [0.5, 0.6) is 0 Å². The van der Waals surface area contributed by atoms with Crippen LogP contribution in [-0.4, -0.2) is 36.7 Å². The maximum absolute atomic E-state index is 12.8. The number of fused-ring (bicyclic) bond motifs is 1. The van der Waals surface area contributed by atoms with E-state index >= 15 is 0 Å². The number of carbonyl (C=O) groups is 1. The second-order valence-electron chi connectivity index (χ2n) is 7.19. The van der Waals surface area contributed by atoms with Gasteiger partial charge in [0.15, 0.2) is 0 Å². The molecule has 0 unspecified atom stereocenters. The van der Waals surface area contributed by atoms with Crippen molar-refractivity contribution in [3.05, 3.63) is 44.9 Å². The first-order valence-corrected chi connectivity index (χ1v) is 9.23. The monoisotopic (exact) mass is 357 g/mol. The SMILES string of the molecule is CCn1cnc2c(c1=O)CCN(C(=O)Cc1c(C)nn(C(C)C)c1C)C2. The standard InChI is InChI=1S/C19H27N5O2/c1-6-22-11-20-17-10-23(8-7-15(17)19(22)26)18(25)9-16-13(4)21-24(12(2)3)14(16)5/h11-12H,6-10H2,1-5H3. The third-order valence-corrected chi connectivity index (χ3v) is 5.18. The molecular formula is C19H27N5O2. The highest BCUT2D eigenvalue weighted by atomic mass is 16.2. The minimum atomic E-state index is 0.0227. The molecule has 0 radical (unpaired) electrons. The van der Waals surface area contributed by atoms with E-state index in [1.54, 1.807) is 15.8 Å². The lowest BCUT2D eigenvalue weighted by Crippen LogP contribution is -2.41. The molecule has 0 atom stereocenters. The van der Waals surface area contributed by atoms with Crippen LogP contribution in [0.25, 0.3) is 0 Å². The van der Waals surface area contributed by atoms with E-state index in [9.17, 15) is 9.59 Å². The van der Waals surface area contributed by atoms with Crippen molar-refractivity contribution in [3.8, 4) is 0 Å². The summed E-state index contributed by atoms with van der Waals surface area (Å²) in [4.78, 5) is 31.4. The van der Waals surface area contributed by atoms with Crippen molar-refractivity contribution in [2.75, 3.05) is 6.54 Å². The summed E-state index contributed by atoms with van der Waals surface area (Å²) in [6.45, 7) is 11.6. The zero-order valence-electron chi connectivity index (χ0n) is 16.2. The van der Waals surface area contributed by atoms with Crippen molar-refractivity contribution in [1.82, 2.24) is 24.2 Å². The van der Waals surface area contributed by atoms with E-state index in [-0.39, 0.29) is 17.5 Å². The number of amides is 1. The molecule has 1 aliphatic heterocycles. The van der Waals surface area contributed by atoms with Crippen molar-refractivity contribution in [2.45, 2.75) is 66.6 Å². The molecule has 7 nitrogen and oxygen atoms in total. The minimum absolute atomic E-state index is 0.0227. The fourth-order valence-corrected chi connectivity index (χ4v) is 3.62. The Bertz CT molecular complexity index is 894. The third-order valence-electron chi connectivity index (χ3n) is 5.18. The van der Waals surface area contributed by atoms with Crippen molar-refractivity contribution < 1.29 is 4.79 Å². The summed E-state index contributed by atoms with van der Waals surface area (Å²) in [5.74, 6) is 0.0617. The fraction of sp³-hybridized carbons (Fsp3) is 0.579. The van der Waals surface area contributed by atoms with E-state index in [4.69, 9.17) is 0 Å². The first-order chi connectivity index (χ1) is 12.3. The Balaban J connectivity index is 1.79. The number of aromatic nitrogens is 4. The van der Waals surface area contributed by atoms with Crippen LogP contribution in [0.4, 0.5) is 0 Å². The molecule has 3 rings (SSSR count). The third kappa shape index (κ3) is 3.18. The van der Waals surface area contributed by atoms with Gasteiger partial charge >= 0.3 is 0 Å². The van der Waals surface area contributed by atoms with Gasteiger partial charge in [-0.15, -0.1) is 0 Å². The molecule has 2 aromatic rings. The largest absolute Gasteiger partial charge is 0.336 e. The molecule has 0 saturated carbocycles. The van der Waals surface area contributed by atoms with Crippen molar-refractivity contribution >= 4 is 5.91 Å². The van der Waals surface area contributed by atoms with E-state index in [1.165, 1.54) is 0 Å². The molecule has 0 saturated heterocycles. The summed E-state index contributed by atoms with van der Waals surface area (Å²) in [6.07, 6.45) is 2.48. The summed E-state index contributed by atoms with van der Waals surface area (Å²) in [6, 6.07) is 0.268. The smallest absolute Gasteiger partial charge is 0.256 e. The van der Waals surface area contributed by atoms with Gasteiger partial charge in [-0.2, -0.15) is 5.10 Å². The van der Waals surface area contributed by atoms with Gasteiger partial charge in [0.1, 0.15) is 0 Å². The van der Waals surface area contributed by atoms with Crippen molar-refractivity contribution in [1.29, 1.82) is 0 Å². The quantitative estimate of drug-likeness (QED) is 0.836. The molecular weight excluding hydrogens is 330 g/mol. The van der Waals surface area contributed by atoms with E-state index in [0.29, 0.717) is 32.5 Å². The molecule has 0 spiro atoms. The van der Waals surface area contributed by atoms with Gasteiger partial charge in [-0.05, 0) is 41.0 Å². The Morgan fingerprint density at radius 3 is 2.65 bits per heavy atom. The summed E-state index contributed by atoms with van der Waals surface area (Å²) >= 11 is 0. The molecule has 0 N–H and O–H groups in total. The zero-order chi connectivity index (χ0) is 19.0. The molecule has 140 valence electrons. The van der Waals surface area contributed by atoms with Crippen LogP contribution < -0.4 is 5.56 Å². The van der Waals surface area contributed by atoms with Gasteiger partial charge < -0.3 is 4.90 Å². The lowest BCUT2D eigenvalue weighted by molar-refractivity contribution is -0.131. The van der Waals surface area contributed by atoms with Crippen LogP contribution in [0.2, 0.25) is 0 Å². The average Bonchev–Trinajstić information content (AvgIpc) is 2.90. The number of carbonyl (C=O) groups excluding carboxylic acids is 1. The van der Waals surface area contributed by atoms with Crippen LogP contribution in [0.15, 0.2) is 11.1 Å². The second-order valence-corrected chi connectivity index (χ2v) is 7.19. The van der Waals surface area contributed by atoms with Crippen LogP contribution in [0.3, 0.4) is 0 Å². The van der Waals surface area contributed by atoms with Gasteiger partial charge in [-0.25, -0.2) is 4.98 Å². The molecule has 26 heavy (non-hydrogen) atoms. The Hall–Kier alpha value is -2.44. The van der Waals surface area contributed by atoms with E-state index in [2.05, 4.69) is 23.9 Å². The second kappa shape index (κ2) is 7.05. The van der Waals surface area contributed by atoms with Gasteiger partial charge in [0.2, 0.25) is 5.91 Å². The Morgan fingerprint density at radius 1 is 1.31 bits per heavy atom. The predicted molar refractivity (Wildman–Crippen MR) is 99.1 cm³/mol. The average molecular weight is 357 g/mol. The predicted octanol–water partition coefficient (Wildman–Crippen LogP) is 1.78. The van der Waals surface area contributed by atoms with Crippen LogP contribution in [0, 0.1) is 13.8 Å². The summed E-state index contributed by atoms with van der Waals surface area (Å²) in [7, 11) is 0. The maximum atomic E-state index is 12.8. The van der Waals surface area contributed by atoms with Crippen molar-refractivity contribution in [2.24, 2.45) is 0 Å². The Kier molecular flexibility index (Phi) is 4.98. The lowest BCUT2D eigenvalue weighted by Gasteiger charge is -2.28. The van der Waals surface area contributed by atoms with Gasteiger partial charge in [-0.1, -0.05) is 0 Å². The molecule has 0 bridgehead atoms. The van der Waals surface area contributed by atoms with Gasteiger partial charge in [0.25, 0.3) is 5.56 Å². The van der Waals surface area contributed by atoms with Crippen LogP contribution in [-0.2, 0) is 30.7 Å².